The number of nitriles is 1. The summed E-state index contributed by atoms with van der Waals surface area (Å²) >= 11 is 0. The van der Waals surface area contributed by atoms with E-state index in [0.29, 0.717) is 5.69 Å². The van der Waals surface area contributed by atoms with E-state index < -0.39 is 0 Å². The lowest BCUT2D eigenvalue weighted by Gasteiger charge is -2.01. The van der Waals surface area contributed by atoms with Gasteiger partial charge in [0.1, 0.15) is 5.65 Å². The molecule has 0 amide bonds. The summed E-state index contributed by atoms with van der Waals surface area (Å²) in [7, 11) is 0. The minimum absolute atomic E-state index is 0.273. The van der Waals surface area contributed by atoms with Gasteiger partial charge in [-0.1, -0.05) is 0 Å². The number of nitrogen functional groups attached to an aromatic ring is 1. The molecular weight excluding hydrogens is 238 g/mol. The zero-order valence-electron chi connectivity index (χ0n) is 10.1. The number of hydrogen-bond donors (Lipinski definition) is 1. The largest absolute Gasteiger partial charge is 0.398 e. The van der Waals surface area contributed by atoms with Gasteiger partial charge in [0.05, 0.1) is 23.9 Å². The summed E-state index contributed by atoms with van der Waals surface area (Å²) in [5.41, 5.74) is 9.72. The Labute approximate surface area is 110 Å². The van der Waals surface area contributed by atoms with Crippen LogP contribution in [0.2, 0.25) is 0 Å². The van der Waals surface area contributed by atoms with E-state index >= 15 is 0 Å². The number of nitrogens with two attached hydrogens (primary N) is 1. The molecule has 3 rings (SSSR count). The molecule has 0 fully saturated rings. The fourth-order valence-corrected chi connectivity index (χ4v) is 2.09. The van der Waals surface area contributed by atoms with Gasteiger partial charge in [-0.05, 0) is 24.3 Å². The average Bonchev–Trinajstić information content (AvgIpc) is 2.79. The second-order valence-electron chi connectivity index (χ2n) is 4.17. The standard InChI is InChI=1S/C14H11N5/c15-6-5-12-14(10-2-1-7-17-8-10)18-13-4-3-11(16)9-19(12)13/h1-4,7-9H,5,16H2. The normalized spacial score (nSPS) is 10.5. The Hall–Kier alpha value is -2.87. The van der Waals surface area contributed by atoms with Gasteiger partial charge in [-0.25, -0.2) is 4.98 Å². The average molecular weight is 249 g/mol. The highest BCUT2D eigenvalue weighted by Gasteiger charge is 2.13. The van der Waals surface area contributed by atoms with Gasteiger partial charge in [0, 0.05) is 29.8 Å². The minimum atomic E-state index is 0.273. The first kappa shape index (κ1) is 11.2. The van der Waals surface area contributed by atoms with Crippen molar-refractivity contribution >= 4 is 11.3 Å². The van der Waals surface area contributed by atoms with Crippen LogP contribution in [-0.4, -0.2) is 14.4 Å². The highest BCUT2D eigenvalue weighted by atomic mass is 15.0. The Kier molecular flexibility index (Phi) is 2.62. The van der Waals surface area contributed by atoms with E-state index in [2.05, 4.69) is 16.0 Å². The summed E-state index contributed by atoms with van der Waals surface area (Å²) in [6.07, 6.45) is 5.51. The maximum Gasteiger partial charge on any atom is 0.137 e. The molecule has 0 saturated heterocycles. The molecule has 0 spiro atoms. The summed E-state index contributed by atoms with van der Waals surface area (Å²) in [6.45, 7) is 0. The van der Waals surface area contributed by atoms with Crippen LogP contribution in [0.15, 0.2) is 42.9 Å². The number of aromatic nitrogens is 3. The molecule has 3 heterocycles. The minimum Gasteiger partial charge on any atom is -0.398 e. The fourth-order valence-electron chi connectivity index (χ4n) is 2.09. The highest BCUT2D eigenvalue weighted by molar-refractivity contribution is 5.67. The molecule has 0 atom stereocenters. The van der Waals surface area contributed by atoms with Crippen LogP contribution < -0.4 is 5.73 Å². The predicted octanol–water partition coefficient (Wildman–Crippen LogP) is 2.04. The number of pyridine rings is 2. The molecule has 92 valence electrons. The molecular formula is C14H11N5. The van der Waals surface area contributed by atoms with Crippen LogP contribution >= 0.6 is 0 Å². The van der Waals surface area contributed by atoms with Gasteiger partial charge >= 0.3 is 0 Å². The van der Waals surface area contributed by atoms with Gasteiger partial charge in [0.25, 0.3) is 0 Å². The van der Waals surface area contributed by atoms with E-state index in [1.54, 1.807) is 24.7 Å². The summed E-state index contributed by atoms with van der Waals surface area (Å²) < 4.78 is 1.86. The molecule has 3 aromatic heterocycles. The number of fused-ring (bicyclic) bond motifs is 1. The summed E-state index contributed by atoms with van der Waals surface area (Å²) in [4.78, 5) is 8.65. The van der Waals surface area contributed by atoms with Crippen LogP contribution in [0, 0.1) is 11.3 Å². The van der Waals surface area contributed by atoms with Crippen LogP contribution in [0.3, 0.4) is 0 Å². The van der Waals surface area contributed by atoms with E-state index in [-0.39, 0.29) is 6.42 Å². The monoisotopic (exact) mass is 249 g/mol. The molecule has 0 aromatic carbocycles. The topological polar surface area (TPSA) is 80.0 Å². The van der Waals surface area contributed by atoms with Crippen molar-refractivity contribution in [2.45, 2.75) is 6.42 Å². The first-order chi connectivity index (χ1) is 9.29. The molecule has 0 unspecified atom stereocenters. The van der Waals surface area contributed by atoms with Crippen LogP contribution in [0.4, 0.5) is 5.69 Å². The lowest BCUT2D eigenvalue weighted by molar-refractivity contribution is 1.06. The molecule has 5 heteroatoms. The van der Waals surface area contributed by atoms with E-state index in [4.69, 9.17) is 11.0 Å². The Morgan fingerprint density at radius 3 is 2.95 bits per heavy atom. The van der Waals surface area contributed by atoms with Gasteiger partial charge in [-0.3, -0.25) is 4.98 Å². The van der Waals surface area contributed by atoms with Crippen molar-refractivity contribution in [1.82, 2.24) is 14.4 Å². The maximum atomic E-state index is 9.00. The first-order valence-electron chi connectivity index (χ1n) is 5.83. The van der Waals surface area contributed by atoms with Gasteiger partial charge in [-0.2, -0.15) is 5.26 Å². The first-order valence-corrected chi connectivity index (χ1v) is 5.83. The Balaban J connectivity index is 2.30. The van der Waals surface area contributed by atoms with Gasteiger partial charge in [0.2, 0.25) is 0 Å². The van der Waals surface area contributed by atoms with E-state index in [0.717, 1.165) is 22.6 Å². The summed E-state index contributed by atoms with van der Waals surface area (Å²) in [5, 5.41) is 9.00. The third kappa shape index (κ3) is 1.89. The van der Waals surface area contributed by atoms with Crippen LogP contribution in [0.5, 0.6) is 0 Å². The number of anilines is 1. The number of nitrogens with zero attached hydrogens (tertiary/aromatic N) is 4. The fraction of sp³-hybridized carbons (Fsp3) is 0.0714. The second-order valence-corrected chi connectivity index (χ2v) is 4.17. The van der Waals surface area contributed by atoms with Gasteiger partial charge in [0.15, 0.2) is 0 Å². The Bertz CT molecular complexity index is 768. The number of hydrogen-bond acceptors (Lipinski definition) is 4. The van der Waals surface area contributed by atoms with E-state index in [9.17, 15) is 0 Å². The molecule has 0 bridgehead atoms. The molecule has 3 aromatic rings. The van der Waals surface area contributed by atoms with E-state index in [1.807, 2.05) is 22.6 Å². The number of rotatable bonds is 2. The Morgan fingerprint density at radius 2 is 2.21 bits per heavy atom. The zero-order valence-corrected chi connectivity index (χ0v) is 10.1. The SMILES string of the molecule is N#CCc1c(-c2cccnc2)nc2ccc(N)cn12. The van der Waals surface area contributed by atoms with Crippen LogP contribution in [-0.2, 0) is 6.42 Å². The van der Waals surface area contributed by atoms with Gasteiger partial charge in [-0.15, -0.1) is 0 Å². The smallest absolute Gasteiger partial charge is 0.137 e. The zero-order chi connectivity index (χ0) is 13.2. The second kappa shape index (κ2) is 4.42. The number of imidazole rings is 1. The maximum absolute atomic E-state index is 9.00. The molecule has 0 aliphatic carbocycles. The summed E-state index contributed by atoms with van der Waals surface area (Å²) in [5.74, 6) is 0. The summed E-state index contributed by atoms with van der Waals surface area (Å²) in [6, 6.07) is 9.59. The lowest BCUT2D eigenvalue weighted by atomic mass is 10.1. The van der Waals surface area contributed by atoms with Gasteiger partial charge < -0.3 is 10.1 Å². The van der Waals surface area contributed by atoms with Crippen molar-refractivity contribution in [3.8, 4) is 17.3 Å². The van der Waals surface area contributed by atoms with Crippen LogP contribution in [0.1, 0.15) is 5.69 Å². The molecule has 0 radical (unpaired) electrons. The van der Waals surface area contributed by atoms with Crippen molar-refractivity contribution < 1.29 is 0 Å². The van der Waals surface area contributed by atoms with Crippen molar-refractivity contribution in [3.05, 3.63) is 48.5 Å². The van der Waals surface area contributed by atoms with Crippen LogP contribution in [0.25, 0.3) is 16.9 Å². The highest BCUT2D eigenvalue weighted by Crippen LogP contribution is 2.24. The Morgan fingerprint density at radius 1 is 1.32 bits per heavy atom. The molecule has 0 saturated carbocycles. The lowest BCUT2D eigenvalue weighted by Crippen LogP contribution is -1.95. The van der Waals surface area contributed by atoms with Crippen molar-refractivity contribution in [2.75, 3.05) is 5.73 Å². The quantitative estimate of drug-likeness (QED) is 0.753. The van der Waals surface area contributed by atoms with Crippen molar-refractivity contribution in [3.63, 3.8) is 0 Å². The molecule has 0 aliphatic heterocycles. The van der Waals surface area contributed by atoms with Crippen molar-refractivity contribution in [1.29, 1.82) is 5.26 Å². The molecule has 19 heavy (non-hydrogen) atoms. The molecule has 0 aliphatic rings. The predicted molar refractivity (Wildman–Crippen MR) is 72.2 cm³/mol. The van der Waals surface area contributed by atoms with E-state index in [1.165, 1.54) is 0 Å². The third-order valence-electron chi connectivity index (χ3n) is 2.92. The third-order valence-corrected chi connectivity index (χ3v) is 2.92. The molecule has 2 N–H and O–H groups in total. The molecule has 5 nitrogen and oxygen atoms in total. The van der Waals surface area contributed by atoms with Crippen molar-refractivity contribution in [2.24, 2.45) is 0 Å².